The zero-order chi connectivity index (χ0) is 29.3. The van der Waals surface area contributed by atoms with E-state index < -0.39 is 28.9 Å². The zero-order valence-electron chi connectivity index (χ0n) is 21.9. The SMILES string of the molecule is O[C@@](CCNc1cc(-c2c(-c3ccc(F)cc3)nn3cc(F)ccc23)ccn1)(Cn1cncn1)c1ccc(F)cc1F. The molecule has 6 rings (SSSR count). The number of nitrogens with one attached hydrogen (secondary N) is 1. The van der Waals surface area contributed by atoms with Crippen LogP contribution in [-0.4, -0.2) is 41.0 Å². The van der Waals surface area contributed by atoms with E-state index in [0.717, 1.165) is 12.1 Å². The van der Waals surface area contributed by atoms with Gasteiger partial charge in [0.05, 0.1) is 18.3 Å². The highest BCUT2D eigenvalue weighted by Crippen LogP contribution is 2.36. The van der Waals surface area contributed by atoms with E-state index in [0.29, 0.717) is 33.7 Å². The molecular weight excluding hydrogens is 550 g/mol. The second-order valence-electron chi connectivity index (χ2n) is 9.76. The van der Waals surface area contributed by atoms with Crippen molar-refractivity contribution in [2.24, 2.45) is 0 Å². The number of rotatable bonds is 9. The van der Waals surface area contributed by atoms with Crippen molar-refractivity contribution in [3.63, 3.8) is 0 Å². The average molecular weight is 574 g/mol. The van der Waals surface area contributed by atoms with Crippen molar-refractivity contribution in [2.75, 3.05) is 11.9 Å². The third-order valence-electron chi connectivity index (χ3n) is 6.93. The van der Waals surface area contributed by atoms with E-state index in [-0.39, 0.29) is 25.1 Å². The smallest absolute Gasteiger partial charge is 0.141 e. The number of anilines is 1. The molecule has 8 nitrogen and oxygen atoms in total. The summed E-state index contributed by atoms with van der Waals surface area (Å²) in [7, 11) is 0. The summed E-state index contributed by atoms with van der Waals surface area (Å²) in [4.78, 5) is 8.25. The van der Waals surface area contributed by atoms with Gasteiger partial charge in [-0.15, -0.1) is 0 Å². The normalized spacial score (nSPS) is 12.9. The van der Waals surface area contributed by atoms with Crippen molar-refractivity contribution in [3.05, 3.63) is 121 Å². The quantitative estimate of drug-likeness (QED) is 0.219. The van der Waals surface area contributed by atoms with Crippen LogP contribution >= 0.6 is 0 Å². The van der Waals surface area contributed by atoms with E-state index in [2.05, 4.69) is 25.5 Å². The van der Waals surface area contributed by atoms with Crippen molar-refractivity contribution < 1.29 is 22.7 Å². The number of halogens is 4. The van der Waals surface area contributed by atoms with Gasteiger partial charge in [0.1, 0.15) is 53.0 Å². The first-order chi connectivity index (χ1) is 20.3. The maximum Gasteiger partial charge on any atom is 0.141 e. The van der Waals surface area contributed by atoms with E-state index in [1.165, 1.54) is 52.3 Å². The second-order valence-corrected chi connectivity index (χ2v) is 9.76. The fourth-order valence-corrected chi connectivity index (χ4v) is 4.95. The van der Waals surface area contributed by atoms with Crippen LogP contribution in [-0.2, 0) is 12.1 Å². The van der Waals surface area contributed by atoms with Crippen LogP contribution in [0, 0.1) is 23.3 Å². The Morgan fingerprint density at radius 3 is 2.40 bits per heavy atom. The molecule has 0 aliphatic carbocycles. The van der Waals surface area contributed by atoms with Crippen molar-refractivity contribution in [2.45, 2.75) is 18.6 Å². The Hall–Kier alpha value is -5.10. The average Bonchev–Trinajstić information content (AvgIpc) is 3.61. The van der Waals surface area contributed by atoms with Gasteiger partial charge in [-0.25, -0.2) is 36.7 Å². The molecule has 212 valence electrons. The Morgan fingerprint density at radius 1 is 0.857 bits per heavy atom. The van der Waals surface area contributed by atoms with Gasteiger partial charge in [-0.1, -0.05) is 6.07 Å². The lowest BCUT2D eigenvalue weighted by atomic mass is 9.89. The first-order valence-corrected chi connectivity index (χ1v) is 12.9. The minimum atomic E-state index is -1.75. The molecule has 4 aromatic heterocycles. The number of aliphatic hydroxyl groups is 1. The molecular formula is C30H23F4N7O. The van der Waals surface area contributed by atoms with Crippen LogP contribution in [0.3, 0.4) is 0 Å². The third kappa shape index (κ3) is 5.44. The van der Waals surface area contributed by atoms with Gasteiger partial charge in [0.15, 0.2) is 0 Å². The molecule has 0 saturated carbocycles. The van der Waals surface area contributed by atoms with Gasteiger partial charge in [0, 0.05) is 35.5 Å². The number of hydrogen-bond donors (Lipinski definition) is 2. The molecule has 4 heterocycles. The first kappa shape index (κ1) is 27.1. The fourth-order valence-electron chi connectivity index (χ4n) is 4.95. The highest BCUT2D eigenvalue weighted by Gasteiger charge is 2.33. The molecule has 0 radical (unpaired) electrons. The lowest BCUT2D eigenvalue weighted by Gasteiger charge is -2.29. The van der Waals surface area contributed by atoms with Gasteiger partial charge in [-0.2, -0.15) is 10.2 Å². The molecule has 12 heteroatoms. The van der Waals surface area contributed by atoms with Crippen LogP contribution in [0.25, 0.3) is 27.9 Å². The minimum Gasteiger partial charge on any atom is -0.383 e. The predicted molar refractivity (Wildman–Crippen MR) is 147 cm³/mol. The van der Waals surface area contributed by atoms with Gasteiger partial charge in [-0.05, 0) is 66.6 Å². The van der Waals surface area contributed by atoms with Crippen LogP contribution < -0.4 is 5.32 Å². The topological polar surface area (TPSA) is 93.2 Å². The molecule has 2 aromatic carbocycles. The molecule has 0 aliphatic rings. The Morgan fingerprint density at radius 2 is 1.64 bits per heavy atom. The number of pyridine rings is 2. The molecule has 0 amide bonds. The first-order valence-electron chi connectivity index (χ1n) is 12.9. The molecule has 0 spiro atoms. The largest absolute Gasteiger partial charge is 0.383 e. The Kier molecular flexibility index (Phi) is 7.13. The zero-order valence-corrected chi connectivity index (χ0v) is 21.9. The molecule has 0 saturated heterocycles. The summed E-state index contributed by atoms with van der Waals surface area (Å²) in [5.41, 5.74) is 1.35. The predicted octanol–water partition coefficient (Wildman–Crippen LogP) is 5.60. The van der Waals surface area contributed by atoms with E-state index in [4.69, 9.17) is 0 Å². The minimum absolute atomic E-state index is 0.0120. The number of benzene rings is 2. The molecule has 6 aromatic rings. The van der Waals surface area contributed by atoms with Crippen LogP contribution in [0.1, 0.15) is 12.0 Å². The molecule has 0 aliphatic heterocycles. The van der Waals surface area contributed by atoms with Crippen molar-refractivity contribution in [1.29, 1.82) is 0 Å². The van der Waals surface area contributed by atoms with Crippen molar-refractivity contribution in [3.8, 4) is 22.4 Å². The summed E-state index contributed by atoms with van der Waals surface area (Å²) in [6.45, 7) is 0.0357. The van der Waals surface area contributed by atoms with Gasteiger partial charge >= 0.3 is 0 Å². The van der Waals surface area contributed by atoms with E-state index in [1.54, 1.807) is 36.5 Å². The van der Waals surface area contributed by atoms with E-state index >= 15 is 0 Å². The third-order valence-corrected chi connectivity index (χ3v) is 6.93. The standard InChI is InChI=1S/C30H23F4N7O/c31-21-3-1-19(2-4-21)29-28(26-8-6-23(33)15-41(26)39-29)20-9-11-36-27(13-20)37-12-10-30(42,16-40-18-35-17-38-40)24-7-5-22(32)14-25(24)34/h1-9,11,13-15,17-18,42H,10,12,16H2,(H,36,37)/t30-/m0/s1. The summed E-state index contributed by atoms with van der Waals surface area (Å²) in [5.74, 6) is -2.05. The van der Waals surface area contributed by atoms with Crippen LogP contribution in [0.4, 0.5) is 23.4 Å². The monoisotopic (exact) mass is 573 g/mol. The molecule has 42 heavy (non-hydrogen) atoms. The lowest BCUT2D eigenvalue weighted by molar-refractivity contribution is 0.00623. The van der Waals surface area contributed by atoms with Gasteiger partial charge in [0.25, 0.3) is 0 Å². The lowest BCUT2D eigenvalue weighted by Crippen LogP contribution is -2.35. The second kappa shape index (κ2) is 11.1. The Bertz CT molecular complexity index is 1860. The van der Waals surface area contributed by atoms with Crippen LogP contribution in [0.15, 0.2) is 91.8 Å². The maximum atomic E-state index is 14.8. The van der Waals surface area contributed by atoms with Crippen LogP contribution in [0.2, 0.25) is 0 Å². The highest BCUT2D eigenvalue weighted by atomic mass is 19.1. The Balaban J connectivity index is 1.30. The number of hydrogen-bond acceptors (Lipinski definition) is 6. The number of aromatic nitrogens is 6. The van der Waals surface area contributed by atoms with Crippen molar-refractivity contribution >= 4 is 11.3 Å². The number of fused-ring (bicyclic) bond motifs is 1. The van der Waals surface area contributed by atoms with Gasteiger partial charge in [0.2, 0.25) is 0 Å². The van der Waals surface area contributed by atoms with Gasteiger partial charge < -0.3 is 10.4 Å². The summed E-state index contributed by atoms with van der Waals surface area (Å²) >= 11 is 0. The molecule has 1 atom stereocenters. The van der Waals surface area contributed by atoms with E-state index in [9.17, 15) is 22.7 Å². The fraction of sp³-hybridized carbons (Fsp3) is 0.133. The number of nitrogens with zero attached hydrogens (tertiary/aromatic N) is 6. The molecule has 0 fully saturated rings. The molecule has 2 N–H and O–H groups in total. The summed E-state index contributed by atoms with van der Waals surface area (Å²) in [6, 6.07) is 15.4. The molecule has 0 bridgehead atoms. The Labute approximate surface area is 236 Å². The van der Waals surface area contributed by atoms with Crippen LogP contribution in [0.5, 0.6) is 0 Å². The van der Waals surface area contributed by atoms with E-state index in [1.807, 2.05) is 0 Å². The van der Waals surface area contributed by atoms with Gasteiger partial charge in [-0.3, -0.25) is 0 Å². The maximum absolute atomic E-state index is 14.8. The summed E-state index contributed by atoms with van der Waals surface area (Å²) in [5, 5.41) is 23.3. The summed E-state index contributed by atoms with van der Waals surface area (Å²) < 4.78 is 58.8. The van der Waals surface area contributed by atoms with Crippen molar-refractivity contribution in [1.82, 2.24) is 29.4 Å². The summed E-state index contributed by atoms with van der Waals surface area (Å²) in [6.07, 6.45) is 5.55. The highest BCUT2D eigenvalue weighted by molar-refractivity contribution is 5.92. The molecule has 0 unspecified atom stereocenters.